The molecule has 1 atom stereocenters. The molecule has 3 aromatic carbocycles. The van der Waals surface area contributed by atoms with Crippen molar-refractivity contribution in [3.63, 3.8) is 0 Å². The van der Waals surface area contributed by atoms with Crippen molar-refractivity contribution < 1.29 is 24.2 Å². The second-order valence-electron chi connectivity index (χ2n) is 9.59. The predicted molar refractivity (Wildman–Crippen MR) is 141 cm³/mol. The molecular weight excluding hydrogens is 478 g/mol. The summed E-state index contributed by atoms with van der Waals surface area (Å²) in [6, 6.07) is 18.5. The zero-order valence-electron chi connectivity index (χ0n) is 20.8. The van der Waals surface area contributed by atoms with Crippen molar-refractivity contribution >= 4 is 34.7 Å². The fraction of sp³-hybridized carbons (Fsp3) is 0.241. The average molecular weight is 506 g/mol. The molecule has 1 fully saturated rings. The summed E-state index contributed by atoms with van der Waals surface area (Å²) in [4.78, 5) is 28.2. The number of methoxy groups -OCH3 is 2. The summed E-state index contributed by atoms with van der Waals surface area (Å²) >= 11 is 6.15. The van der Waals surface area contributed by atoms with Crippen LogP contribution in [0, 0.1) is 0 Å². The number of ether oxygens (including phenoxy) is 2. The Kier molecular flexibility index (Phi) is 6.83. The van der Waals surface area contributed by atoms with E-state index in [1.165, 1.54) is 18.1 Å². The normalized spacial score (nSPS) is 17.4. The van der Waals surface area contributed by atoms with Crippen LogP contribution in [0.1, 0.15) is 43.5 Å². The maximum Gasteiger partial charge on any atom is 0.300 e. The number of amides is 1. The van der Waals surface area contributed by atoms with Crippen molar-refractivity contribution in [1.82, 2.24) is 0 Å². The minimum absolute atomic E-state index is 0.0190. The minimum Gasteiger partial charge on any atom is -0.507 e. The largest absolute Gasteiger partial charge is 0.507 e. The van der Waals surface area contributed by atoms with Crippen molar-refractivity contribution in [3.05, 3.63) is 94.0 Å². The van der Waals surface area contributed by atoms with Crippen molar-refractivity contribution in [2.75, 3.05) is 19.1 Å². The first-order valence-corrected chi connectivity index (χ1v) is 11.8. The molecule has 3 aromatic rings. The molecule has 186 valence electrons. The number of rotatable bonds is 5. The van der Waals surface area contributed by atoms with Crippen LogP contribution in [0.4, 0.5) is 5.69 Å². The molecule has 1 aliphatic heterocycles. The zero-order valence-corrected chi connectivity index (χ0v) is 21.6. The summed E-state index contributed by atoms with van der Waals surface area (Å²) in [7, 11) is 3.02. The number of halogens is 1. The fourth-order valence-electron chi connectivity index (χ4n) is 4.29. The van der Waals surface area contributed by atoms with Gasteiger partial charge in [0.1, 0.15) is 17.3 Å². The van der Waals surface area contributed by atoms with E-state index in [1.54, 1.807) is 43.5 Å². The van der Waals surface area contributed by atoms with E-state index in [1.807, 2.05) is 24.3 Å². The number of carbonyl (C=O) groups is 2. The highest BCUT2D eigenvalue weighted by atomic mass is 35.5. The van der Waals surface area contributed by atoms with Crippen LogP contribution in [0.5, 0.6) is 11.5 Å². The van der Waals surface area contributed by atoms with E-state index in [0.29, 0.717) is 33.3 Å². The minimum atomic E-state index is -0.849. The van der Waals surface area contributed by atoms with Crippen LogP contribution >= 0.6 is 11.6 Å². The van der Waals surface area contributed by atoms with E-state index in [4.69, 9.17) is 21.1 Å². The van der Waals surface area contributed by atoms with E-state index in [2.05, 4.69) is 20.8 Å². The SMILES string of the molecule is COc1ccc(C2/C(=C(/O)c3ccc(Cl)c(OC)c3)C(=O)C(=O)N2c2ccc(C(C)(C)C)cc2)cc1. The highest BCUT2D eigenvalue weighted by Gasteiger charge is 2.47. The Bertz CT molecular complexity index is 1340. The van der Waals surface area contributed by atoms with E-state index >= 15 is 0 Å². The third-order valence-electron chi connectivity index (χ3n) is 6.31. The topological polar surface area (TPSA) is 76.1 Å². The number of nitrogens with zero attached hydrogens (tertiary/aromatic N) is 1. The molecule has 0 spiro atoms. The zero-order chi connectivity index (χ0) is 26.2. The number of benzene rings is 3. The lowest BCUT2D eigenvalue weighted by Crippen LogP contribution is -2.29. The van der Waals surface area contributed by atoms with Crippen LogP contribution in [0.3, 0.4) is 0 Å². The lowest BCUT2D eigenvalue weighted by molar-refractivity contribution is -0.132. The molecule has 1 N–H and O–H groups in total. The maximum atomic E-state index is 13.4. The Morgan fingerprint density at radius 1 is 0.917 bits per heavy atom. The second kappa shape index (κ2) is 9.70. The molecule has 0 saturated carbocycles. The number of carbonyl (C=O) groups excluding carboxylic acids is 2. The Morgan fingerprint density at radius 3 is 2.11 bits per heavy atom. The van der Waals surface area contributed by atoms with Gasteiger partial charge in [0, 0.05) is 11.3 Å². The van der Waals surface area contributed by atoms with Crippen molar-refractivity contribution in [2.45, 2.75) is 32.2 Å². The van der Waals surface area contributed by atoms with E-state index in [0.717, 1.165) is 5.56 Å². The molecule has 1 heterocycles. The standard InChI is InChI=1S/C29H28ClNO5/c1-29(2,3)19-9-11-20(12-10-19)31-25(17-6-13-21(35-4)14-7-17)24(27(33)28(31)34)26(32)18-8-15-22(30)23(16-18)36-5/h6-16,25,32H,1-5H3/b26-24-. The van der Waals surface area contributed by atoms with Gasteiger partial charge in [-0.05, 0) is 59.0 Å². The Labute approximate surface area is 215 Å². The molecular formula is C29H28ClNO5. The van der Waals surface area contributed by atoms with Gasteiger partial charge in [-0.1, -0.05) is 56.6 Å². The van der Waals surface area contributed by atoms with Crippen molar-refractivity contribution in [3.8, 4) is 11.5 Å². The first kappa shape index (κ1) is 25.3. The van der Waals surface area contributed by atoms with E-state index in [-0.39, 0.29) is 16.7 Å². The molecule has 1 unspecified atom stereocenters. The molecule has 6 nitrogen and oxygen atoms in total. The first-order valence-electron chi connectivity index (χ1n) is 11.5. The number of anilines is 1. The molecule has 1 amide bonds. The van der Waals surface area contributed by atoms with Gasteiger partial charge >= 0.3 is 0 Å². The first-order chi connectivity index (χ1) is 17.1. The number of hydrogen-bond donors (Lipinski definition) is 1. The Hall–Kier alpha value is -3.77. The van der Waals surface area contributed by atoms with Gasteiger partial charge in [0.05, 0.1) is 30.9 Å². The van der Waals surface area contributed by atoms with Crippen molar-refractivity contribution in [2.24, 2.45) is 0 Å². The molecule has 0 aromatic heterocycles. The van der Waals surface area contributed by atoms with Crippen molar-refractivity contribution in [1.29, 1.82) is 0 Å². The highest BCUT2D eigenvalue weighted by Crippen LogP contribution is 2.43. The van der Waals surface area contributed by atoms with E-state index in [9.17, 15) is 14.7 Å². The molecule has 0 radical (unpaired) electrons. The van der Waals surface area contributed by atoms with Crippen LogP contribution in [-0.2, 0) is 15.0 Å². The maximum absolute atomic E-state index is 13.4. The molecule has 0 bridgehead atoms. The number of aliphatic hydroxyl groups excluding tert-OH is 1. The molecule has 36 heavy (non-hydrogen) atoms. The lowest BCUT2D eigenvalue weighted by Gasteiger charge is -2.27. The molecule has 1 aliphatic rings. The van der Waals surface area contributed by atoms with Crippen LogP contribution in [0.2, 0.25) is 5.02 Å². The molecule has 1 saturated heterocycles. The third kappa shape index (κ3) is 4.56. The van der Waals surface area contributed by atoms with Gasteiger partial charge in [0.15, 0.2) is 0 Å². The van der Waals surface area contributed by atoms with E-state index < -0.39 is 17.7 Å². The number of ketones is 1. The molecule has 7 heteroatoms. The van der Waals surface area contributed by atoms with Gasteiger partial charge in [-0.15, -0.1) is 0 Å². The third-order valence-corrected chi connectivity index (χ3v) is 6.62. The number of aliphatic hydroxyl groups is 1. The van der Waals surface area contributed by atoms with Gasteiger partial charge in [-0.2, -0.15) is 0 Å². The summed E-state index contributed by atoms with van der Waals surface area (Å²) < 4.78 is 10.5. The Balaban J connectivity index is 1.91. The van der Waals surface area contributed by atoms with Crippen LogP contribution < -0.4 is 14.4 Å². The quantitative estimate of drug-likeness (QED) is 0.251. The number of Topliss-reactive ketones (excluding diaryl/α,β-unsaturated/α-hetero) is 1. The smallest absolute Gasteiger partial charge is 0.300 e. The van der Waals surface area contributed by atoms with Crippen LogP contribution in [0.15, 0.2) is 72.3 Å². The predicted octanol–water partition coefficient (Wildman–Crippen LogP) is 6.28. The summed E-state index contributed by atoms with van der Waals surface area (Å²) in [5.74, 6) is -0.830. The highest BCUT2D eigenvalue weighted by molar-refractivity contribution is 6.51. The average Bonchev–Trinajstić information content (AvgIpc) is 3.13. The van der Waals surface area contributed by atoms with Gasteiger partial charge in [0.2, 0.25) is 0 Å². The summed E-state index contributed by atoms with van der Waals surface area (Å²) in [6.45, 7) is 6.31. The van der Waals surface area contributed by atoms with Gasteiger partial charge in [0.25, 0.3) is 11.7 Å². The molecule has 0 aliphatic carbocycles. The van der Waals surface area contributed by atoms with Crippen LogP contribution in [-0.4, -0.2) is 31.0 Å². The molecule has 4 rings (SSSR count). The van der Waals surface area contributed by atoms with Gasteiger partial charge in [-0.25, -0.2) is 0 Å². The second-order valence-corrected chi connectivity index (χ2v) is 10.00. The fourth-order valence-corrected chi connectivity index (χ4v) is 4.48. The van der Waals surface area contributed by atoms with Gasteiger partial charge < -0.3 is 14.6 Å². The lowest BCUT2D eigenvalue weighted by atomic mass is 9.87. The van der Waals surface area contributed by atoms with Crippen LogP contribution in [0.25, 0.3) is 5.76 Å². The summed E-state index contributed by atoms with van der Waals surface area (Å²) in [5.41, 5.74) is 2.52. The number of hydrogen-bond acceptors (Lipinski definition) is 5. The summed E-state index contributed by atoms with van der Waals surface area (Å²) in [5, 5.41) is 11.7. The summed E-state index contributed by atoms with van der Waals surface area (Å²) in [6.07, 6.45) is 0. The van der Waals surface area contributed by atoms with Gasteiger partial charge in [-0.3, -0.25) is 14.5 Å². The Morgan fingerprint density at radius 2 is 1.56 bits per heavy atom. The monoisotopic (exact) mass is 505 g/mol.